The molecule has 1 unspecified atom stereocenters. The fraction of sp³-hybridized carbons (Fsp3) is 0.462. The number of amides is 2. The largest absolute Gasteiger partial charge is 0.459 e. The fourth-order valence-corrected chi connectivity index (χ4v) is 5.09. The first-order valence-electron chi connectivity index (χ1n) is 11.4. The zero-order valence-corrected chi connectivity index (χ0v) is 21.7. The molecule has 1 saturated heterocycles. The molecule has 1 aromatic carbocycles. The van der Waals surface area contributed by atoms with Crippen LogP contribution in [-0.4, -0.2) is 57.0 Å². The number of nitrogens with one attached hydrogen (secondary N) is 1. The Labute approximate surface area is 210 Å². The van der Waals surface area contributed by atoms with Crippen LogP contribution in [-0.2, 0) is 28.7 Å². The van der Waals surface area contributed by atoms with Crippen molar-refractivity contribution < 1.29 is 28.7 Å². The van der Waals surface area contributed by atoms with Gasteiger partial charge in [0.05, 0.1) is 0 Å². The minimum Gasteiger partial charge on any atom is -0.459 e. The quantitative estimate of drug-likeness (QED) is 0.363. The zero-order valence-electron chi connectivity index (χ0n) is 20.9. The summed E-state index contributed by atoms with van der Waals surface area (Å²) in [5.41, 5.74) is -0.340. The lowest BCUT2D eigenvalue weighted by Crippen LogP contribution is -2.71. The first-order valence-corrected chi connectivity index (χ1v) is 12.4. The Morgan fingerprint density at radius 1 is 1.09 bits per heavy atom. The van der Waals surface area contributed by atoms with E-state index in [0.717, 1.165) is 0 Å². The molecule has 0 saturated carbocycles. The molecular weight excluding hydrogens is 468 g/mol. The van der Waals surface area contributed by atoms with Crippen molar-refractivity contribution >= 4 is 35.5 Å². The molecule has 3 atom stereocenters. The number of carbonyl (C=O) groups excluding carboxylic acids is 4. The van der Waals surface area contributed by atoms with Crippen LogP contribution in [0.2, 0.25) is 0 Å². The summed E-state index contributed by atoms with van der Waals surface area (Å²) in [6.07, 6.45) is 1.54. The summed E-state index contributed by atoms with van der Waals surface area (Å²) in [4.78, 5) is 53.6. The van der Waals surface area contributed by atoms with Gasteiger partial charge in [-0.15, -0.1) is 11.8 Å². The van der Waals surface area contributed by atoms with Crippen LogP contribution in [0.25, 0.3) is 0 Å². The van der Waals surface area contributed by atoms with Crippen molar-refractivity contribution in [1.29, 1.82) is 0 Å². The Morgan fingerprint density at radius 3 is 2.23 bits per heavy atom. The number of hydrogen-bond donors (Lipinski definition) is 1. The molecule has 35 heavy (non-hydrogen) atoms. The highest BCUT2D eigenvalue weighted by atomic mass is 32.2. The molecule has 3 rings (SSSR count). The Hall–Kier alpha value is -3.07. The smallest absolute Gasteiger partial charge is 0.355 e. The number of β-lactam (4-membered cyclic amide) rings is 1. The van der Waals surface area contributed by atoms with Crippen LogP contribution in [0.15, 0.2) is 54.3 Å². The molecule has 9 heteroatoms. The molecule has 1 fully saturated rings. The van der Waals surface area contributed by atoms with Crippen LogP contribution in [0.5, 0.6) is 0 Å². The fourth-order valence-electron chi connectivity index (χ4n) is 3.75. The first-order chi connectivity index (χ1) is 16.2. The second-order valence-electron chi connectivity index (χ2n) is 10.4. The predicted octanol–water partition coefficient (Wildman–Crippen LogP) is 3.29. The predicted molar refractivity (Wildman–Crippen MR) is 133 cm³/mol. The number of fused-ring (bicyclic) bond motifs is 1. The molecule has 0 spiro atoms. The van der Waals surface area contributed by atoms with E-state index in [4.69, 9.17) is 9.47 Å². The van der Waals surface area contributed by atoms with E-state index in [9.17, 15) is 19.2 Å². The van der Waals surface area contributed by atoms with Crippen molar-refractivity contribution in [1.82, 2.24) is 10.2 Å². The van der Waals surface area contributed by atoms with Gasteiger partial charge in [-0.25, -0.2) is 4.79 Å². The normalized spacial score (nSPS) is 20.9. The minimum atomic E-state index is -1.24. The van der Waals surface area contributed by atoms with Gasteiger partial charge in [-0.2, -0.15) is 0 Å². The molecule has 0 radical (unpaired) electrons. The molecule has 188 valence electrons. The van der Waals surface area contributed by atoms with E-state index >= 15 is 0 Å². The first kappa shape index (κ1) is 26.5. The Bertz CT molecular complexity index is 1070. The third kappa shape index (κ3) is 5.96. The number of rotatable bonds is 6. The molecule has 0 aliphatic carbocycles. The van der Waals surface area contributed by atoms with Gasteiger partial charge >= 0.3 is 11.9 Å². The molecule has 1 N–H and O–H groups in total. The van der Waals surface area contributed by atoms with Crippen LogP contribution in [0.3, 0.4) is 0 Å². The summed E-state index contributed by atoms with van der Waals surface area (Å²) in [6, 6.07) is 7.66. The molecule has 2 heterocycles. The number of ether oxygens (including phenoxy) is 2. The number of thioether (sulfide) groups is 1. The maximum Gasteiger partial charge on any atom is 0.355 e. The van der Waals surface area contributed by atoms with Gasteiger partial charge in [0.2, 0.25) is 5.91 Å². The molecule has 0 aromatic heterocycles. The average molecular weight is 501 g/mol. The van der Waals surface area contributed by atoms with Gasteiger partial charge < -0.3 is 14.8 Å². The number of nitrogens with zero attached hydrogens (tertiary/aromatic N) is 1. The lowest BCUT2D eigenvalue weighted by atomic mass is 9.96. The highest BCUT2D eigenvalue weighted by Crippen LogP contribution is 2.41. The second-order valence-corrected chi connectivity index (χ2v) is 11.5. The van der Waals surface area contributed by atoms with Crippen molar-refractivity contribution in [2.75, 3.05) is 5.75 Å². The molecule has 2 aliphatic heterocycles. The highest BCUT2D eigenvalue weighted by molar-refractivity contribution is 8.00. The Balaban J connectivity index is 1.83. The second kappa shape index (κ2) is 9.89. The van der Waals surface area contributed by atoms with Crippen LogP contribution in [0.1, 0.15) is 53.0 Å². The zero-order chi connectivity index (χ0) is 26.1. The van der Waals surface area contributed by atoms with E-state index in [-0.39, 0.29) is 5.70 Å². The van der Waals surface area contributed by atoms with E-state index in [2.05, 4.69) is 11.9 Å². The van der Waals surface area contributed by atoms with Gasteiger partial charge in [0, 0.05) is 5.75 Å². The molecule has 2 aliphatic rings. The third-order valence-corrected chi connectivity index (χ3v) is 6.47. The molecule has 2 amide bonds. The van der Waals surface area contributed by atoms with E-state index in [1.54, 1.807) is 71.9 Å². The number of esters is 2. The summed E-state index contributed by atoms with van der Waals surface area (Å²) in [6.45, 7) is 14.2. The minimum absolute atomic E-state index is 0.140. The van der Waals surface area contributed by atoms with Crippen molar-refractivity contribution in [2.24, 2.45) is 0 Å². The third-order valence-electron chi connectivity index (χ3n) is 5.17. The Morgan fingerprint density at radius 2 is 1.69 bits per heavy atom. The van der Waals surface area contributed by atoms with Crippen molar-refractivity contribution in [2.45, 2.75) is 70.1 Å². The SMILES string of the molecule is C=CC1=C(C(=O)OC(C)(C)C)N2C(=O)[C@@H](NC(=O)C(C(=O)OC(C)(C)C)c3ccccc3)[C@H]2SC1. The number of allylic oxidation sites excluding steroid dienone is 1. The maximum absolute atomic E-state index is 13.3. The van der Waals surface area contributed by atoms with Crippen LogP contribution < -0.4 is 5.32 Å². The standard InChI is InChI=1S/C26H32N2O6S/c1-8-15-14-35-22-18(21(30)28(22)19(15)24(32)34-26(5,6)7)27-20(29)17(16-12-10-9-11-13-16)23(31)33-25(2,3)4/h8-13,17-18,22H,1,14H2,2-7H3,(H,27,29)/t17?,18-,22-/m1/s1. The number of carbonyl (C=O) groups is 4. The molecule has 1 aromatic rings. The lowest BCUT2D eigenvalue weighted by Gasteiger charge is -2.50. The van der Waals surface area contributed by atoms with Gasteiger partial charge in [-0.1, -0.05) is 43.0 Å². The summed E-state index contributed by atoms with van der Waals surface area (Å²) >= 11 is 1.40. The van der Waals surface area contributed by atoms with E-state index in [1.165, 1.54) is 22.7 Å². The monoisotopic (exact) mass is 500 g/mol. The number of benzene rings is 1. The lowest BCUT2D eigenvalue weighted by molar-refractivity contribution is -0.161. The van der Waals surface area contributed by atoms with E-state index in [0.29, 0.717) is 16.9 Å². The highest BCUT2D eigenvalue weighted by Gasteiger charge is 2.55. The average Bonchev–Trinajstić information content (AvgIpc) is 2.74. The molecular formula is C26H32N2O6S. The Kier molecular flexibility index (Phi) is 7.50. The van der Waals surface area contributed by atoms with E-state index in [1.807, 2.05) is 0 Å². The summed E-state index contributed by atoms with van der Waals surface area (Å²) in [5.74, 6) is -3.23. The molecule has 0 bridgehead atoms. The van der Waals surface area contributed by atoms with Gasteiger partial charge in [0.25, 0.3) is 5.91 Å². The van der Waals surface area contributed by atoms with Crippen LogP contribution in [0, 0.1) is 0 Å². The van der Waals surface area contributed by atoms with Gasteiger partial charge in [0.1, 0.15) is 28.3 Å². The number of hydrogen-bond acceptors (Lipinski definition) is 7. The summed E-state index contributed by atoms with van der Waals surface area (Å²) < 4.78 is 11.0. The van der Waals surface area contributed by atoms with Gasteiger partial charge in [-0.3, -0.25) is 19.3 Å². The summed E-state index contributed by atoms with van der Waals surface area (Å²) in [7, 11) is 0. The van der Waals surface area contributed by atoms with Crippen molar-refractivity contribution in [3.63, 3.8) is 0 Å². The van der Waals surface area contributed by atoms with Crippen molar-refractivity contribution in [3.8, 4) is 0 Å². The topological polar surface area (TPSA) is 102 Å². The van der Waals surface area contributed by atoms with Gasteiger partial charge in [0.15, 0.2) is 5.92 Å². The van der Waals surface area contributed by atoms with Gasteiger partial charge in [-0.05, 0) is 52.7 Å². The van der Waals surface area contributed by atoms with Crippen molar-refractivity contribution in [3.05, 3.63) is 59.8 Å². The molecule has 8 nitrogen and oxygen atoms in total. The maximum atomic E-state index is 13.3. The summed E-state index contributed by atoms with van der Waals surface area (Å²) in [5, 5.41) is 2.21. The van der Waals surface area contributed by atoms with Crippen LogP contribution in [0.4, 0.5) is 0 Å². The van der Waals surface area contributed by atoms with E-state index < -0.39 is 52.3 Å². The van der Waals surface area contributed by atoms with Crippen LogP contribution >= 0.6 is 11.8 Å².